The van der Waals surface area contributed by atoms with Crippen molar-refractivity contribution in [3.63, 3.8) is 0 Å². The Labute approximate surface area is 110 Å². The number of ether oxygens (including phenoxy) is 1. The predicted octanol–water partition coefficient (Wildman–Crippen LogP) is 2.02. The summed E-state index contributed by atoms with van der Waals surface area (Å²) in [5.41, 5.74) is 7.91. The first-order valence-corrected chi connectivity index (χ1v) is 6.93. The topological polar surface area (TPSA) is 60.2 Å². The van der Waals surface area contributed by atoms with E-state index in [0.29, 0.717) is 0 Å². The van der Waals surface area contributed by atoms with Gasteiger partial charge in [0.25, 0.3) is 0 Å². The maximum absolute atomic E-state index is 5.82. The summed E-state index contributed by atoms with van der Waals surface area (Å²) >= 11 is 1.57. The molecule has 94 valence electrons. The molecule has 0 saturated carbocycles. The summed E-state index contributed by atoms with van der Waals surface area (Å²) in [6.07, 6.45) is 2.14. The Kier molecular flexibility index (Phi) is 3.27. The Morgan fingerprint density at radius 1 is 1.44 bits per heavy atom. The van der Waals surface area contributed by atoms with Crippen LogP contribution in [-0.4, -0.2) is 11.6 Å². The maximum atomic E-state index is 5.82. The summed E-state index contributed by atoms with van der Waals surface area (Å²) in [7, 11) is 0. The van der Waals surface area contributed by atoms with E-state index in [1.165, 1.54) is 5.56 Å². The molecule has 18 heavy (non-hydrogen) atoms. The van der Waals surface area contributed by atoms with Crippen molar-refractivity contribution in [2.75, 3.05) is 6.61 Å². The van der Waals surface area contributed by atoms with E-state index in [0.717, 1.165) is 36.5 Å². The number of aromatic nitrogens is 1. The van der Waals surface area contributed by atoms with Gasteiger partial charge in [0.2, 0.25) is 0 Å². The van der Waals surface area contributed by atoms with Gasteiger partial charge < -0.3 is 4.74 Å². The predicted molar refractivity (Wildman–Crippen MR) is 71.5 cm³/mol. The number of nitrogens with zero attached hydrogens (tertiary/aromatic N) is 1. The first kappa shape index (κ1) is 11.6. The summed E-state index contributed by atoms with van der Waals surface area (Å²) in [6.45, 7) is 0.776. The van der Waals surface area contributed by atoms with Crippen LogP contribution in [0.15, 0.2) is 29.1 Å². The molecule has 0 amide bonds. The number of fused-ring (bicyclic) bond motifs is 1. The number of hydrazine groups is 1. The van der Waals surface area contributed by atoms with Gasteiger partial charge in [-0.15, -0.1) is 11.3 Å². The molecule has 5 heteroatoms. The number of thiazole rings is 1. The van der Waals surface area contributed by atoms with Gasteiger partial charge in [-0.05, 0) is 18.4 Å². The normalized spacial score (nSPS) is 15.8. The number of nitrogens with one attached hydrogen (secondary N) is 1. The Balaban J connectivity index is 2.05. The number of hydrogen-bond acceptors (Lipinski definition) is 5. The third-order valence-electron chi connectivity index (χ3n) is 3.19. The van der Waals surface area contributed by atoms with Gasteiger partial charge in [-0.3, -0.25) is 5.84 Å². The first-order chi connectivity index (χ1) is 8.90. The second kappa shape index (κ2) is 5.06. The average molecular weight is 261 g/mol. The summed E-state index contributed by atoms with van der Waals surface area (Å²) in [5.74, 6) is 6.66. The van der Waals surface area contributed by atoms with Gasteiger partial charge in [-0.2, -0.15) is 0 Å². The molecule has 3 N–H and O–H groups in total. The lowest BCUT2D eigenvalue weighted by atomic mass is 9.97. The van der Waals surface area contributed by atoms with Crippen molar-refractivity contribution in [2.24, 2.45) is 5.84 Å². The highest BCUT2D eigenvalue weighted by atomic mass is 32.1. The largest absolute Gasteiger partial charge is 0.493 e. The molecule has 4 nitrogen and oxygen atoms in total. The van der Waals surface area contributed by atoms with Gasteiger partial charge in [0.1, 0.15) is 5.75 Å². The van der Waals surface area contributed by atoms with E-state index in [9.17, 15) is 0 Å². The summed E-state index contributed by atoms with van der Waals surface area (Å²) < 4.78 is 5.82. The smallest absolute Gasteiger partial charge is 0.127 e. The minimum absolute atomic E-state index is 0.107. The van der Waals surface area contributed by atoms with Crippen LogP contribution in [0.4, 0.5) is 0 Å². The molecule has 1 aliphatic heterocycles. The first-order valence-electron chi connectivity index (χ1n) is 5.99. The Morgan fingerprint density at radius 2 is 2.39 bits per heavy atom. The molecule has 0 spiro atoms. The number of para-hydroxylation sites is 1. The van der Waals surface area contributed by atoms with Crippen LogP contribution >= 0.6 is 11.3 Å². The zero-order valence-corrected chi connectivity index (χ0v) is 10.7. The molecule has 0 radical (unpaired) electrons. The molecule has 1 atom stereocenters. The van der Waals surface area contributed by atoms with Crippen LogP contribution in [0.1, 0.15) is 29.3 Å². The fourth-order valence-corrected chi connectivity index (χ4v) is 2.92. The highest BCUT2D eigenvalue weighted by molar-refractivity contribution is 7.07. The molecule has 1 aliphatic rings. The molecule has 1 aromatic carbocycles. The van der Waals surface area contributed by atoms with Gasteiger partial charge in [-0.25, -0.2) is 10.4 Å². The van der Waals surface area contributed by atoms with Crippen molar-refractivity contribution in [3.8, 4) is 5.75 Å². The number of rotatable bonds is 3. The van der Waals surface area contributed by atoms with Crippen molar-refractivity contribution in [1.29, 1.82) is 0 Å². The molecule has 0 saturated heterocycles. The van der Waals surface area contributed by atoms with Crippen molar-refractivity contribution in [2.45, 2.75) is 18.9 Å². The second-order valence-corrected chi connectivity index (χ2v) is 5.02. The standard InChI is InChI=1S/C13H15N3OS/c14-16-12(11-7-18-8-15-11)10-5-1-3-9-4-2-6-17-13(9)10/h1,3,5,7-8,12,16H,2,4,6,14H2. The molecule has 0 aliphatic carbocycles. The zero-order valence-electron chi connectivity index (χ0n) is 9.93. The average Bonchev–Trinajstić information content (AvgIpc) is 2.94. The van der Waals surface area contributed by atoms with Gasteiger partial charge in [-0.1, -0.05) is 18.2 Å². The van der Waals surface area contributed by atoms with Gasteiger partial charge >= 0.3 is 0 Å². The quantitative estimate of drug-likeness (QED) is 0.655. The summed E-state index contributed by atoms with van der Waals surface area (Å²) in [4.78, 5) is 4.33. The number of nitrogens with two attached hydrogens (primary N) is 1. The van der Waals surface area contributed by atoms with Gasteiger partial charge in [0.15, 0.2) is 0 Å². The van der Waals surface area contributed by atoms with Crippen LogP contribution in [0.2, 0.25) is 0 Å². The van der Waals surface area contributed by atoms with Crippen molar-refractivity contribution >= 4 is 11.3 Å². The molecule has 0 bridgehead atoms. The molecule has 1 aromatic heterocycles. The van der Waals surface area contributed by atoms with Crippen LogP contribution in [0.3, 0.4) is 0 Å². The molecule has 2 aromatic rings. The van der Waals surface area contributed by atoms with E-state index in [1.54, 1.807) is 11.3 Å². The minimum Gasteiger partial charge on any atom is -0.493 e. The van der Waals surface area contributed by atoms with Crippen LogP contribution in [0, 0.1) is 0 Å². The van der Waals surface area contributed by atoms with Gasteiger partial charge in [0, 0.05) is 10.9 Å². The highest BCUT2D eigenvalue weighted by Gasteiger charge is 2.22. The Bertz CT molecular complexity index is 527. The van der Waals surface area contributed by atoms with E-state index >= 15 is 0 Å². The van der Waals surface area contributed by atoms with Crippen molar-refractivity contribution in [3.05, 3.63) is 45.9 Å². The highest BCUT2D eigenvalue weighted by Crippen LogP contribution is 2.35. The summed E-state index contributed by atoms with van der Waals surface area (Å²) in [5, 5.41) is 2.01. The molecule has 1 unspecified atom stereocenters. The Morgan fingerprint density at radius 3 is 3.17 bits per heavy atom. The molecular formula is C13H15N3OS. The number of benzene rings is 1. The Hall–Kier alpha value is -1.43. The van der Waals surface area contributed by atoms with E-state index in [4.69, 9.17) is 10.6 Å². The maximum Gasteiger partial charge on any atom is 0.127 e. The summed E-state index contributed by atoms with van der Waals surface area (Å²) in [6, 6.07) is 6.12. The van der Waals surface area contributed by atoms with E-state index in [1.807, 2.05) is 17.0 Å². The van der Waals surface area contributed by atoms with E-state index < -0.39 is 0 Å². The van der Waals surface area contributed by atoms with Crippen LogP contribution in [-0.2, 0) is 6.42 Å². The number of aryl methyl sites for hydroxylation is 1. The zero-order chi connectivity index (χ0) is 12.4. The van der Waals surface area contributed by atoms with Crippen molar-refractivity contribution < 1.29 is 4.74 Å². The van der Waals surface area contributed by atoms with E-state index in [-0.39, 0.29) is 6.04 Å². The molecule has 0 fully saturated rings. The second-order valence-electron chi connectivity index (χ2n) is 4.30. The van der Waals surface area contributed by atoms with Crippen LogP contribution in [0.25, 0.3) is 0 Å². The monoisotopic (exact) mass is 261 g/mol. The molecule has 3 rings (SSSR count). The van der Waals surface area contributed by atoms with Crippen molar-refractivity contribution in [1.82, 2.24) is 10.4 Å². The van der Waals surface area contributed by atoms with Gasteiger partial charge in [0.05, 0.1) is 23.9 Å². The molecular weight excluding hydrogens is 246 g/mol. The van der Waals surface area contributed by atoms with Crippen LogP contribution in [0.5, 0.6) is 5.75 Å². The number of hydrogen-bond donors (Lipinski definition) is 2. The third kappa shape index (κ3) is 2.01. The fourth-order valence-electron chi connectivity index (χ4n) is 2.34. The third-order valence-corrected chi connectivity index (χ3v) is 3.79. The lowest BCUT2D eigenvalue weighted by molar-refractivity contribution is 0.283. The lowest BCUT2D eigenvalue weighted by Gasteiger charge is -2.24. The minimum atomic E-state index is -0.107. The molecule has 2 heterocycles. The fraction of sp³-hybridized carbons (Fsp3) is 0.308. The lowest BCUT2D eigenvalue weighted by Crippen LogP contribution is -2.30. The SMILES string of the molecule is NNC(c1cscn1)c1cccc2c1OCCC2. The van der Waals surface area contributed by atoms with Crippen LogP contribution < -0.4 is 16.0 Å². The van der Waals surface area contributed by atoms with E-state index in [2.05, 4.69) is 22.5 Å².